The average molecular weight is 331 g/mol. The fourth-order valence-electron chi connectivity index (χ4n) is 2.08. The van der Waals surface area contributed by atoms with Crippen LogP contribution in [0.4, 0.5) is 5.69 Å². The number of nitrogens with zero attached hydrogens (tertiary/aromatic N) is 1. The molecule has 0 heterocycles. The average Bonchev–Trinajstić information content (AvgIpc) is 2.43. The molecule has 0 aliphatic carbocycles. The molecule has 0 aliphatic rings. The molecule has 0 spiro atoms. The molecule has 20 heavy (non-hydrogen) atoms. The Morgan fingerprint density at radius 2 is 1.80 bits per heavy atom. The number of aromatic hydroxyl groups is 1. The summed E-state index contributed by atoms with van der Waals surface area (Å²) < 4.78 is 0.910. The molecule has 2 aromatic carbocycles. The number of nitrogens with one attached hydrogen (secondary N) is 1. The summed E-state index contributed by atoms with van der Waals surface area (Å²) in [7, 11) is 0. The first kappa shape index (κ1) is 14.4. The highest BCUT2D eigenvalue weighted by molar-refractivity contribution is 9.10. The Hall–Kier alpha value is -1.99. The van der Waals surface area contributed by atoms with Crippen LogP contribution in [0.2, 0.25) is 0 Å². The molecule has 0 amide bonds. The third-order valence-electron chi connectivity index (χ3n) is 3.15. The molecule has 0 aromatic heterocycles. The van der Waals surface area contributed by atoms with Gasteiger partial charge < -0.3 is 10.4 Å². The summed E-state index contributed by atoms with van der Waals surface area (Å²) in [5.74, 6) is 0.284. The van der Waals surface area contributed by atoms with Gasteiger partial charge in [0.25, 0.3) is 0 Å². The van der Waals surface area contributed by atoms with E-state index in [1.54, 1.807) is 0 Å². The number of nitriles is 1. The number of hydrogen-bond acceptors (Lipinski definition) is 3. The van der Waals surface area contributed by atoms with Gasteiger partial charge in [-0.2, -0.15) is 5.26 Å². The van der Waals surface area contributed by atoms with Crippen molar-refractivity contribution in [3.05, 3.63) is 57.6 Å². The van der Waals surface area contributed by atoms with Gasteiger partial charge in [-0.05, 0) is 70.7 Å². The van der Waals surface area contributed by atoms with E-state index >= 15 is 0 Å². The second kappa shape index (κ2) is 5.98. The largest absolute Gasteiger partial charge is 0.507 e. The molecular weight excluding hydrogens is 316 g/mol. The highest BCUT2D eigenvalue weighted by atomic mass is 79.9. The van der Waals surface area contributed by atoms with Crippen LogP contribution in [0.3, 0.4) is 0 Å². The van der Waals surface area contributed by atoms with Crippen molar-refractivity contribution in [2.45, 2.75) is 19.9 Å². The van der Waals surface area contributed by atoms with Gasteiger partial charge in [0.05, 0.1) is 6.07 Å². The number of phenolic OH excluding ortho intramolecular Hbond substituents is 1. The van der Waals surface area contributed by atoms with Crippen molar-refractivity contribution in [2.75, 3.05) is 5.32 Å². The number of anilines is 1. The van der Waals surface area contributed by atoms with Crippen molar-refractivity contribution in [1.82, 2.24) is 0 Å². The van der Waals surface area contributed by atoms with Crippen LogP contribution in [0.1, 0.15) is 22.7 Å². The summed E-state index contributed by atoms with van der Waals surface area (Å²) in [5, 5.41) is 22.4. The fourth-order valence-corrected chi connectivity index (χ4v) is 2.48. The van der Waals surface area contributed by atoms with E-state index in [9.17, 15) is 10.4 Å². The number of halogens is 1. The van der Waals surface area contributed by atoms with Gasteiger partial charge in [0.1, 0.15) is 11.8 Å². The predicted molar refractivity (Wildman–Crippen MR) is 83.7 cm³/mol. The maximum absolute atomic E-state index is 9.81. The smallest absolute Gasteiger partial charge is 0.140 e. The summed E-state index contributed by atoms with van der Waals surface area (Å²) in [4.78, 5) is 0. The van der Waals surface area contributed by atoms with Crippen LogP contribution in [-0.2, 0) is 0 Å². The van der Waals surface area contributed by atoms with Gasteiger partial charge >= 0.3 is 0 Å². The molecule has 0 bridgehead atoms. The van der Waals surface area contributed by atoms with Crippen LogP contribution in [0.25, 0.3) is 0 Å². The van der Waals surface area contributed by atoms with Gasteiger partial charge in [0, 0.05) is 10.2 Å². The second-order valence-corrected chi connectivity index (χ2v) is 5.54. The Morgan fingerprint density at radius 1 is 1.20 bits per heavy atom. The van der Waals surface area contributed by atoms with Crippen LogP contribution >= 0.6 is 15.9 Å². The van der Waals surface area contributed by atoms with E-state index in [1.165, 1.54) is 0 Å². The minimum Gasteiger partial charge on any atom is -0.507 e. The van der Waals surface area contributed by atoms with Crippen molar-refractivity contribution in [1.29, 1.82) is 5.26 Å². The van der Waals surface area contributed by atoms with Crippen LogP contribution in [0.15, 0.2) is 40.9 Å². The Balaban J connectivity index is 2.35. The molecule has 0 saturated carbocycles. The standard InChI is InChI=1S/C16H15BrN2O/c1-10-7-12(8-11(2)16(10)20)15(9-18)19-14-6-4-3-5-13(14)17/h3-8,15,19-20H,1-2H3. The zero-order valence-corrected chi connectivity index (χ0v) is 12.9. The topological polar surface area (TPSA) is 56.0 Å². The van der Waals surface area contributed by atoms with E-state index in [-0.39, 0.29) is 5.75 Å². The molecule has 2 aromatic rings. The third kappa shape index (κ3) is 2.94. The molecule has 0 saturated heterocycles. The summed E-state index contributed by atoms with van der Waals surface area (Å²) in [6.07, 6.45) is 0. The zero-order chi connectivity index (χ0) is 14.7. The lowest BCUT2D eigenvalue weighted by Gasteiger charge is -2.16. The summed E-state index contributed by atoms with van der Waals surface area (Å²) in [6, 6.07) is 13.1. The van der Waals surface area contributed by atoms with Gasteiger partial charge in [0.15, 0.2) is 0 Å². The molecular formula is C16H15BrN2O. The fraction of sp³-hybridized carbons (Fsp3) is 0.188. The molecule has 0 aliphatic heterocycles. The molecule has 1 unspecified atom stereocenters. The van der Waals surface area contributed by atoms with E-state index in [2.05, 4.69) is 27.3 Å². The Bertz CT molecular complexity index is 653. The van der Waals surface area contributed by atoms with E-state index < -0.39 is 6.04 Å². The Morgan fingerprint density at radius 3 is 2.35 bits per heavy atom. The quantitative estimate of drug-likeness (QED) is 0.874. The molecule has 0 radical (unpaired) electrons. The van der Waals surface area contributed by atoms with Gasteiger partial charge in [0.2, 0.25) is 0 Å². The molecule has 1 atom stereocenters. The third-order valence-corrected chi connectivity index (χ3v) is 3.84. The number of rotatable bonds is 3. The van der Waals surface area contributed by atoms with Crippen LogP contribution < -0.4 is 5.32 Å². The molecule has 0 fully saturated rings. The van der Waals surface area contributed by atoms with Crippen LogP contribution in [-0.4, -0.2) is 5.11 Å². The van der Waals surface area contributed by atoms with Crippen molar-refractivity contribution >= 4 is 21.6 Å². The van der Waals surface area contributed by atoms with E-state index in [0.29, 0.717) is 0 Å². The lowest BCUT2D eigenvalue weighted by Crippen LogP contribution is -2.09. The van der Waals surface area contributed by atoms with Gasteiger partial charge in [-0.25, -0.2) is 0 Å². The monoisotopic (exact) mass is 330 g/mol. The first-order chi connectivity index (χ1) is 9.52. The van der Waals surface area contributed by atoms with Crippen molar-refractivity contribution < 1.29 is 5.11 Å². The number of benzene rings is 2. The lowest BCUT2D eigenvalue weighted by molar-refractivity contribution is 0.466. The molecule has 102 valence electrons. The number of para-hydroxylation sites is 1. The molecule has 2 rings (SSSR count). The first-order valence-electron chi connectivity index (χ1n) is 6.23. The van der Waals surface area contributed by atoms with Crippen LogP contribution in [0, 0.1) is 25.2 Å². The number of aryl methyl sites for hydroxylation is 2. The summed E-state index contributed by atoms with van der Waals surface area (Å²) in [5.41, 5.74) is 3.25. The number of phenols is 1. The highest BCUT2D eigenvalue weighted by Gasteiger charge is 2.14. The van der Waals surface area contributed by atoms with Gasteiger partial charge in [-0.1, -0.05) is 12.1 Å². The second-order valence-electron chi connectivity index (χ2n) is 4.69. The number of hydrogen-bond donors (Lipinski definition) is 2. The summed E-state index contributed by atoms with van der Waals surface area (Å²) >= 11 is 3.46. The predicted octanol–water partition coefficient (Wildman–Crippen LogP) is 4.45. The minimum absolute atomic E-state index is 0.284. The van der Waals surface area contributed by atoms with E-state index in [1.807, 2.05) is 50.2 Å². The maximum Gasteiger partial charge on any atom is 0.140 e. The summed E-state index contributed by atoms with van der Waals surface area (Å²) in [6.45, 7) is 3.66. The minimum atomic E-state index is -0.466. The Labute approximate surface area is 127 Å². The SMILES string of the molecule is Cc1cc(C(C#N)Nc2ccccc2Br)cc(C)c1O. The Kier molecular flexibility index (Phi) is 4.31. The normalized spacial score (nSPS) is 11.7. The van der Waals surface area contributed by atoms with Crippen LogP contribution in [0.5, 0.6) is 5.75 Å². The van der Waals surface area contributed by atoms with Crippen molar-refractivity contribution in [2.24, 2.45) is 0 Å². The molecule has 2 N–H and O–H groups in total. The highest BCUT2D eigenvalue weighted by Crippen LogP contribution is 2.30. The van der Waals surface area contributed by atoms with Gasteiger partial charge in [-0.15, -0.1) is 0 Å². The van der Waals surface area contributed by atoms with Gasteiger partial charge in [-0.3, -0.25) is 0 Å². The molecule has 3 nitrogen and oxygen atoms in total. The van der Waals surface area contributed by atoms with E-state index in [4.69, 9.17) is 0 Å². The first-order valence-corrected chi connectivity index (χ1v) is 7.03. The zero-order valence-electron chi connectivity index (χ0n) is 11.3. The lowest BCUT2D eigenvalue weighted by atomic mass is 10.0. The van der Waals surface area contributed by atoms with E-state index in [0.717, 1.165) is 26.9 Å². The van der Waals surface area contributed by atoms with Crippen molar-refractivity contribution in [3.8, 4) is 11.8 Å². The molecule has 4 heteroatoms. The maximum atomic E-state index is 9.81. The van der Waals surface area contributed by atoms with Crippen molar-refractivity contribution in [3.63, 3.8) is 0 Å².